The van der Waals surface area contributed by atoms with Crippen LogP contribution in [0.1, 0.15) is 17.0 Å². The first-order valence-electron chi connectivity index (χ1n) is 8.35. The summed E-state index contributed by atoms with van der Waals surface area (Å²) in [5, 5.41) is 2.85. The number of benzene rings is 1. The summed E-state index contributed by atoms with van der Waals surface area (Å²) < 4.78 is 18.3. The molecule has 6 nitrogen and oxygen atoms in total. The molecule has 0 saturated carbocycles. The zero-order chi connectivity index (χ0) is 17.9. The first-order chi connectivity index (χ1) is 12.7. The number of furan rings is 1. The van der Waals surface area contributed by atoms with E-state index in [0.717, 1.165) is 16.8 Å². The minimum Gasteiger partial charge on any atom is -0.467 e. The van der Waals surface area contributed by atoms with E-state index >= 15 is 0 Å². The fourth-order valence-electron chi connectivity index (χ4n) is 2.92. The van der Waals surface area contributed by atoms with Gasteiger partial charge in [0.25, 0.3) is 0 Å². The number of nitrogens with one attached hydrogen (secondary N) is 1. The van der Waals surface area contributed by atoms with Gasteiger partial charge in [-0.3, -0.25) is 0 Å². The van der Waals surface area contributed by atoms with Gasteiger partial charge in [0, 0.05) is 30.3 Å². The molecule has 2 amide bonds. The molecule has 2 aromatic heterocycles. The second-order valence-electron chi connectivity index (χ2n) is 6.08. The summed E-state index contributed by atoms with van der Waals surface area (Å²) in [6, 6.07) is 9.56. The molecular weight excluding hydrogens is 335 g/mol. The molecule has 0 aliphatic carbocycles. The number of hydrogen-bond donors (Lipinski definition) is 1. The third kappa shape index (κ3) is 3.42. The summed E-state index contributed by atoms with van der Waals surface area (Å²) in [6.07, 6.45) is 3.97. The van der Waals surface area contributed by atoms with Crippen molar-refractivity contribution in [3.05, 3.63) is 71.7 Å². The molecule has 0 spiro atoms. The number of rotatable bonds is 3. The van der Waals surface area contributed by atoms with Crippen LogP contribution in [0.25, 0.3) is 11.4 Å². The van der Waals surface area contributed by atoms with Crippen LogP contribution in [-0.4, -0.2) is 27.4 Å². The molecule has 0 bridgehead atoms. The van der Waals surface area contributed by atoms with Gasteiger partial charge in [0.05, 0.1) is 25.0 Å². The second kappa shape index (κ2) is 6.95. The van der Waals surface area contributed by atoms with Crippen LogP contribution in [0.2, 0.25) is 0 Å². The van der Waals surface area contributed by atoms with Crippen LogP contribution >= 0.6 is 0 Å². The van der Waals surface area contributed by atoms with E-state index in [2.05, 4.69) is 15.3 Å². The number of urea groups is 1. The molecule has 1 aliphatic rings. The third-order valence-electron chi connectivity index (χ3n) is 4.32. The lowest BCUT2D eigenvalue weighted by molar-refractivity contribution is 0.190. The Morgan fingerprint density at radius 1 is 1.27 bits per heavy atom. The van der Waals surface area contributed by atoms with Crippen molar-refractivity contribution in [3.8, 4) is 11.4 Å². The van der Waals surface area contributed by atoms with Crippen molar-refractivity contribution in [1.82, 2.24) is 20.2 Å². The van der Waals surface area contributed by atoms with Gasteiger partial charge in [-0.1, -0.05) is 0 Å². The average Bonchev–Trinajstić information content (AvgIpc) is 3.19. The standard InChI is InChI=1S/C19H17FN4O2/c20-15-5-3-13(4-6-15)18-21-10-14-12-24(8-7-17(14)23-18)19(25)22-11-16-2-1-9-26-16/h1-6,9-10H,7-8,11-12H2,(H,22,25). The van der Waals surface area contributed by atoms with E-state index in [1.807, 2.05) is 6.07 Å². The Bertz CT molecular complexity index is 910. The highest BCUT2D eigenvalue weighted by atomic mass is 19.1. The molecule has 0 atom stereocenters. The zero-order valence-corrected chi connectivity index (χ0v) is 14.0. The molecule has 1 N–H and O–H groups in total. The molecule has 1 aromatic carbocycles. The highest BCUT2D eigenvalue weighted by molar-refractivity contribution is 5.74. The number of amides is 2. The van der Waals surface area contributed by atoms with Gasteiger partial charge in [-0.05, 0) is 36.4 Å². The molecule has 3 heterocycles. The lowest BCUT2D eigenvalue weighted by atomic mass is 10.1. The molecule has 0 saturated heterocycles. The summed E-state index contributed by atoms with van der Waals surface area (Å²) in [5.41, 5.74) is 2.62. The Hall–Kier alpha value is -3.22. The van der Waals surface area contributed by atoms with Crippen LogP contribution < -0.4 is 5.32 Å². The normalized spacial score (nSPS) is 13.3. The van der Waals surface area contributed by atoms with Crippen molar-refractivity contribution >= 4 is 6.03 Å². The largest absolute Gasteiger partial charge is 0.467 e. The van der Waals surface area contributed by atoms with Crippen molar-refractivity contribution in [2.75, 3.05) is 6.54 Å². The molecule has 1 aliphatic heterocycles. The van der Waals surface area contributed by atoms with Gasteiger partial charge in [-0.2, -0.15) is 0 Å². The minimum atomic E-state index is -0.289. The topological polar surface area (TPSA) is 71.3 Å². The number of carbonyl (C=O) groups is 1. The number of aromatic nitrogens is 2. The Morgan fingerprint density at radius 2 is 2.12 bits per heavy atom. The van der Waals surface area contributed by atoms with E-state index in [1.54, 1.807) is 35.6 Å². The van der Waals surface area contributed by atoms with E-state index < -0.39 is 0 Å². The third-order valence-corrected chi connectivity index (χ3v) is 4.32. The van der Waals surface area contributed by atoms with Crippen LogP contribution in [0.15, 0.2) is 53.3 Å². The van der Waals surface area contributed by atoms with Gasteiger partial charge in [-0.15, -0.1) is 0 Å². The molecule has 3 aromatic rings. The van der Waals surface area contributed by atoms with Gasteiger partial charge < -0.3 is 14.6 Å². The summed E-state index contributed by atoms with van der Waals surface area (Å²) >= 11 is 0. The van der Waals surface area contributed by atoms with Gasteiger partial charge in [-0.25, -0.2) is 19.2 Å². The van der Waals surface area contributed by atoms with Crippen LogP contribution in [0, 0.1) is 5.82 Å². The number of fused-ring (bicyclic) bond motifs is 1. The van der Waals surface area contributed by atoms with E-state index in [1.165, 1.54) is 12.1 Å². The Morgan fingerprint density at radius 3 is 2.88 bits per heavy atom. The number of nitrogens with zero attached hydrogens (tertiary/aromatic N) is 3. The number of halogens is 1. The monoisotopic (exact) mass is 352 g/mol. The predicted molar refractivity (Wildman–Crippen MR) is 92.5 cm³/mol. The molecule has 7 heteroatoms. The zero-order valence-electron chi connectivity index (χ0n) is 14.0. The van der Waals surface area contributed by atoms with Crippen LogP contribution in [-0.2, 0) is 19.5 Å². The van der Waals surface area contributed by atoms with E-state index in [0.29, 0.717) is 37.6 Å². The molecule has 132 valence electrons. The summed E-state index contributed by atoms with van der Waals surface area (Å²) in [6.45, 7) is 1.40. The molecule has 0 fully saturated rings. The van der Waals surface area contributed by atoms with Gasteiger partial charge in [0.1, 0.15) is 11.6 Å². The van der Waals surface area contributed by atoms with Gasteiger partial charge in [0.2, 0.25) is 0 Å². The molecule has 4 rings (SSSR count). The van der Waals surface area contributed by atoms with Crippen molar-refractivity contribution in [2.45, 2.75) is 19.5 Å². The van der Waals surface area contributed by atoms with Gasteiger partial charge >= 0.3 is 6.03 Å². The fourth-order valence-corrected chi connectivity index (χ4v) is 2.92. The average molecular weight is 352 g/mol. The SMILES string of the molecule is O=C(NCc1ccco1)N1CCc2nc(-c3ccc(F)cc3)ncc2C1. The highest BCUT2D eigenvalue weighted by Gasteiger charge is 2.22. The van der Waals surface area contributed by atoms with Crippen LogP contribution in [0.5, 0.6) is 0 Å². The van der Waals surface area contributed by atoms with Crippen LogP contribution in [0.4, 0.5) is 9.18 Å². The number of hydrogen-bond acceptors (Lipinski definition) is 4. The summed E-state index contributed by atoms with van der Waals surface area (Å²) in [7, 11) is 0. The first kappa shape index (κ1) is 16.3. The number of carbonyl (C=O) groups excluding carboxylic acids is 1. The van der Waals surface area contributed by atoms with E-state index in [9.17, 15) is 9.18 Å². The fraction of sp³-hybridized carbons (Fsp3) is 0.211. The summed E-state index contributed by atoms with van der Waals surface area (Å²) in [5.74, 6) is 0.991. The van der Waals surface area contributed by atoms with Crippen molar-refractivity contribution in [1.29, 1.82) is 0 Å². The Kier molecular flexibility index (Phi) is 4.35. The maximum absolute atomic E-state index is 13.1. The maximum Gasteiger partial charge on any atom is 0.318 e. The van der Waals surface area contributed by atoms with Crippen LogP contribution in [0.3, 0.4) is 0 Å². The molecule has 26 heavy (non-hydrogen) atoms. The highest BCUT2D eigenvalue weighted by Crippen LogP contribution is 2.21. The van der Waals surface area contributed by atoms with E-state index in [-0.39, 0.29) is 11.8 Å². The first-order valence-corrected chi connectivity index (χ1v) is 8.35. The van der Waals surface area contributed by atoms with Crippen molar-refractivity contribution < 1.29 is 13.6 Å². The molecular formula is C19H17FN4O2. The molecule has 0 radical (unpaired) electrons. The molecule has 0 unspecified atom stereocenters. The van der Waals surface area contributed by atoms with Crippen molar-refractivity contribution in [2.24, 2.45) is 0 Å². The lowest BCUT2D eigenvalue weighted by Gasteiger charge is -2.28. The Labute approximate surface area is 149 Å². The van der Waals surface area contributed by atoms with E-state index in [4.69, 9.17) is 4.42 Å². The Balaban J connectivity index is 1.44. The maximum atomic E-state index is 13.1. The predicted octanol–water partition coefficient (Wildman–Crippen LogP) is 3.14. The summed E-state index contributed by atoms with van der Waals surface area (Å²) in [4.78, 5) is 23.0. The van der Waals surface area contributed by atoms with Gasteiger partial charge in [0.15, 0.2) is 5.82 Å². The van der Waals surface area contributed by atoms with Crippen molar-refractivity contribution in [3.63, 3.8) is 0 Å². The quantitative estimate of drug-likeness (QED) is 0.786. The minimum absolute atomic E-state index is 0.144. The lowest BCUT2D eigenvalue weighted by Crippen LogP contribution is -2.42. The second-order valence-corrected chi connectivity index (χ2v) is 6.08. The smallest absolute Gasteiger partial charge is 0.318 e.